The van der Waals surface area contributed by atoms with Crippen LogP contribution in [-0.4, -0.2) is 66.0 Å². The predicted octanol–water partition coefficient (Wildman–Crippen LogP) is 2.52. The first-order chi connectivity index (χ1) is 12.7. The third-order valence-electron chi connectivity index (χ3n) is 6.97. The molecule has 4 aliphatic rings. The van der Waals surface area contributed by atoms with Gasteiger partial charge in [-0.25, -0.2) is 4.79 Å². The van der Waals surface area contributed by atoms with E-state index in [2.05, 4.69) is 10.6 Å². The highest BCUT2D eigenvalue weighted by Crippen LogP contribution is 2.33. The Morgan fingerprint density at radius 1 is 0.815 bits per heavy atom. The molecular weight excluding hydrogens is 364 g/mol. The number of rotatable bonds is 2. The summed E-state index contributed by atoms with van der Waals surface area (Å²) in [6, 6.07) is 0.974. The van der Waals surface area contributed by atoms with Gasteiger partial charge in [0, 0.05) is 38.3 Å². The van der Waals surface area contributed by atoms with Crippen LogP contribution in [0.15, 0.2) is 0 Å². The Balaban J connectivity index is 0.00000210. The van der Waals surface area contributed by atoms with Gasteiger partial charge >= 0.3 is 6.03 Å². The normalized spacial score (nSPS) is 31.8. The van der Waals surface area contributed by atoms with Crippen LogP contribution in [0.1, 0.15) is 64.2 Å². The molecule has 0 bridgehead atoms. The Bertz CT molecular complexity index is 504. The fourth-order valence-electron chi connectivity index (χ4n) is 5.37. The Kier molecular flexibility index (Phi) is 7.26. The molecule has 4 rings (SSSR count). The van der Waals surface area contributed by atoms with Gasteiger partial charge in [0.2, 0.25) is 5.91 Å². The standard InChI is InChI=1S/C20H34N4O2.ClH/c25-19(18-14-15-6-4-5-9-17(15)22-18)23-10-12-24(13-11-23)20(26)21-16-7-2-1-3-8-16;/h15-18,22H,1-14H2,(H,21,26);1H. The average Bonchev–Trinajstić information content (AvgIpc) is 3.12. The van der Waals surface area contributed by atoms with Gasteiger partial charge in [-0.05, 0) is 38.0 Å². The number of piperazine rings is 1. The van der Waals surface area contributed by atoms with Gasteiger partial charge in [-0.2, -0.15) is 0 Å². The van der Waals surface area contributed by atoms with E-state index in [1.54, 1.807) is 0 Å². The lowest BCUT2D eigenvalue weighted by molar-refractivity contribution is -0.134. The molecule has 7 heteroatoms. The van der Waals surface area contributed by atoms with E-state index in [1.807, 2.05) is 9.80 Å². The van der Waals surface area contributed by atoms with Crippen LogP contribution in [-0.2, 0) is 4.79 Å². The molecule has 0 radical (unpaired) electrons. The summed E-state index contributed by atoms with van der Waals surface area (Å²) in [6.45, 7) is 2.66. The van der Waals surface area contributed by atoms with Gasteiger partial charge in [0.05, 0.1) is 6.04 Å². The topological polar surface area (TPSA) is 64.7 Å². The van der Waals surface area contributed by atoms with E-state index in [-0.39, 0.29) is 30.4 Å². The Morgan fingerprint density at radius 3 is 2.15 bits per heavy atom. The van der Waals surface area contributed by atoms with Crippen molar-refractivity contribution in [2.75, 3.05) is 26.2 Å². The summed E-state index contributed by atoms with van der Waals surface area (Å²) in [5.41, 5.74) is 0. The molecule has 3 amide bonds. The molecule has 2 N–H and O–H groups in total. The molecule has 2 heterocycles. The monoisotopic (exact) mass is 398 g/mol. The second-order valence-corrected chi connectivity index (χ2v) is 8.70. The maximum Gasteiger partial charge on any atom is 0.317 e. The predicted molar refractivity (Wildman–Crippen MR) is 108 cm³/mol. The average molecular weight is 399 g/mol. The van der Waals surface area contributed by atoms with Crippen molar-refractivity contribution in [1.29, 1.82) is 0 Å². The summed E-state index contributed by atoms with van der Waals surface area (Å²) in [4.78, 5) is 29.2. The number of hydrogen-bond acceptors (Lipinski definition) is 3. The molecule has 2 aliphatic carbocycles. The minimum atomic E-state index is 0. The highest BCUT2D eigenvalue weighted by atomic mass is 35.5. The molecule has 154 valence electrons. The molecule has 3 atom stereocenters. The van der Waals surface area contributed by atoms with Crippen LogP contribution in [0, 0.1) is 5.92 Å². The third kappa shape index (κ3) is 4.89. The molecule has 3 unspecified atom stereocenters. The molecule has 2 saturated carbocycles. The van der Waals surface area contributed by atoms with Crippen LogP contribution in [0.3, 0.4) is 0 Å². The number of urea groups is 1. The Labute approximate surface area is 169 Å². The molecular formula is C20H35ClN4O2. The summed E-state index contributed by atoms with van der Waals surface area (Å²) in [5.74, 6) is 0.951. The van der Waals surface area contributed by atoms with Crippen molar-refractivity contribution >= 4 is 24.3 Å². The first kappa shape index (κ1) is 20.7. The van der Waals surface area contributed by atoms with Gasteiger partial charge in [-0.15, -0.1) is 12.4 Å². The molecule has 2 aliphatic heterocycles. The van der Waals surface area contributed by atoms with E-state index in [4.69, 9.17) is 0 Å². The van der Waals surface area contributed by atoms with Crippen molar-refractivity contribution in [3.8, 4) is 0 Å². The van der Waals surface area contributed by atoms with Gasteiger partial charge in [0.15, 0.2) is 0 Å². The highest BCUT2D eigenvalue weighted by molar-refractivity contribution is 5.85. The summed E-state index contributed by atoms with van der Waals surface area (Å²) < 4.78 is 0. The van der Waals surface area contributed by atoms with Gasteiger partial charge < -0.3 is 20.4 Å². The second-order valence-electron chi connectivity index (χ2n) is 8.70. The zero-order valence-electron chi connectivity index (χ0n) is 16.3. The highest BCUT2D eigenvalue weighted by Gasteiger charge is 2.40. The number of nitrogens with zero attached hydrogens (tertiary/aromatic N) is 2. The zero-order valence-corrected chi connectivity index (χ0v) is 17.1. The van der Waals surface area contributed by atoms with Crippen LogP contribution < -0.4 is 10.6 Å². The molecule has 2 saturated heterocycles. The zero-order chi connectivity index (χ0) is 17.9. The van der Waals surface area contributed by atoms with Crippen LogP contribution in [0.5, 0.6) is 0 Å². The summed E-state index contributed by atoms with van der Waals surface area (Å²) in [5, 5.41) is 6.79. The maximum atomic E-state index is 12.9. The molecule has 27 heavy (non-hydrogen) atoms. The Hall–Kier alpha value is -1.01. The smallest absolute Gasteiger partial charge is 0.317 e. The lowest BCUT2D eigenvalue weighted by Crippen LogP contribution is -2.57. The maximum absolute atomic E-state index is 12.9. The number of nitrogens with one attached hydrogen (secondary N) is 2. The van der Waals surface area contributed by atoms with Crippen molar-refractivity contribution in [2.24, 2.45) is 5.92 Å². The van der Waals surface area contributed by atoms with Gasteiger partial charge in [-0.1, -0.05) is 32.1 Å². The summed E-state index contributed by atoms with van der Waals surface area (Å²) >= 11 is 0. The first-order valence-electron chi connectivity index (χ1n) is 10.8. The van der Waals surface area contributed by atoms with E-state index >= 15 is 0 Å². The summed E-state index contributed by atoms with van der Waals surface area (Å²) in [7, 11) is 0. The van der Waals surface area contributed by atoms with Crippen molar-refractivity contribution in [1.82, 2.24) is 20.4 Å². The van der Waals surface area contributed by atoms with E-state index in [1.165, 1.54) is 44.9 Å². The number of halogens is 1. The van der Waals surface area contributed by atoms with Crippen molar-refractivity contribution in [3.63, 3.8) is 0 Å². The Morgan fingerprint density at radius 2 is 1.44 bits per heavy atom. The number of hydrogen-bond donors (Lipinski definition) is 2. The second kappa shape index (κ2) is 9.46. The van der Waals surface area contributed by atoms with Gasteiger partial charge in [0.1, 0.15) is 0 Å². The summed E-state index contributed by atoms with van der Waals surface area (Å²) in [6.07, 6.45) is 12.1. The van der Waals surface area contributed by atoms with E-state index < -0.39 is 0 Å². The number of carbonyl (C=O) groups is 2. The van der Waals surface area contributed by atoms with Crippen molar-refractivity contribution in [3.05, 3.63) is 0 Å². The molecule has 0 aromatic heterocycles. The molecule has 0 aromatic carbocycles. The lowest BCUT2D eigenvalue weighted by atomic mass is 9.85. The van der Waals surface area contributed by atoms with Gasteiger partial charge in [0.25, 0.3) is 0 Å². The fourth-order valence-corrected chi connectivity index (χ4v) is 5.37. The number of amides is 3. The minimum absolute atomic E-state index is 0. The van der Waals surface area contributed by atoms with E-state index in [9.17, 15) is 9.59 Å². The van der Waals surface area contributed by atoms with Crippen LogP contribution in [0.4, 0.5) is 4.79 Å². The van der Waals surface area contributed by atoms with E-state index in [0.717, 1.165) is 19.3 Å². The van der Waals surface area contributed by atoms with Crippen LogP contribution >= 0.6 is 12.4 Å². The lowest BCUT2D eigenvalue weighted by Gasteiger charge is -2.37. The van der Waals surface area contributed by atoms with E-state index in [0.29, 0.717) is 44.2 Å². The first-order valence-corrected chi connectivity index (χ1v) is 10.8. The number of fused-ring (bicyclic) bond motifs is 1. The van der Waals surface area contributed by atoms with Gasteiger partial charge in [-0.3, -0.25) is 4.79 Å². The SMILES string of the molecule is Cl.O=C(NC1CCCCC1)N1CCN(C(=O)C2CC3CCCCC3N2)CC1. The van der Waals surface area contributed by atoms with Crippen molar-refractivity contribution in [2.45, 2.75) is 82.3 Å². The molecule has 0 spiro atoms. The fraction of sp³-hybridized carbons (Fsp3) is 0.900. The molecule has 4 fully saturated rings. The van der Waals surface area contributed by atoms with Crippen molar-refractivity contribution < 1.29 is 9.59 Å². The quantitative estimate of drug-likeness (QED) is 0.751. The van der Waals surface area contributed by atoms with Crippen LogP contribution in [0.2, 0.25) is 0 Å². The largest absolute Gasteiger partial charge is 0.338 e. The molecule has 0 aromatic rings. The molecule has 6 nitrogen and oxygen atoms in total. The third-order valence-corrected chi connectivity index (χ3v) is 6.97. The minimum Gasteiger partial charge on any atom is -0.338 e. The number of carbonyl (C=O) groups excluding carboxylic acids is 2. The van der Waals surface area contributed by atoms with Crippen LogP contribution in [0.25, 0.3) is 0 Å².